The van der Waals surface area contributed by atoms with Gasteiger partial charge in [-0.15, -0.1) is 11.3 Å². The van der Waals surface area contributed by atoms with E-state index in [0.717, 1.165) is 5.56 Å². The number of ketones is 1. The first-order valence-corrected chi connectivity index (χ1v) is 8.61. The van der Waals surface area contributed by atoms with Crippen LogP contribution in [0.3, 0.4) is 0 Å². The fraction of sp³-hybridized carbons (Fsp3) is 0.278. The van der Waals surface area contributed by atoms with Crippen LogP contribution in [0.2, 0.25) is 0 Å². The Kier molecular flexibility index (Phi) is 4.24. The van der Waals surface area contributed by atoms with Crippen molar-refractivity contribution in [3.8, 4) is 0 Å². The molecule has 1 aliphatic rings. The van der Waals surface area contributed by atoms with Gasteiger partial charge in [0.2, 0.25) is 11.8 Å². The summed E-state index contributed by atoms with van der Waals surface area (Å²) in [4.78, 5) is 41.4. The molecular weight excluding hydrogens is 324 g/mol. The first kappa shape index (κ1) is 16.4. The van der Waals surface area contributed by atoms with Gasteiger partial charge in [-0.25, -0.2) is 0 Å². The standard InChI is InChI=1S/C18H18N2O3S/c1-4-20(12-8-6-5-7-9-12)17(23)14-15(21)13-11(2)10-24-18(13)19(3)16(14)22/h5-10,14H,4H2,1-3H3. The van der Waals surface area contributed by atoms with Gasteiger partial charge in [-0.2, -0.15) is 0 Å². The molecule has 0 aliphatic carbocycles. The second-order valence-corrected chi connectivity index (χ2v) is 6.57. The summed E-state index contributed by atoms with van der Waals surface area (Å²) >= 11 is 1.35. The third-order valence-electron chi connectivity index (χ3n) is 4.24. The van der Waals surface area contributed by atoms with Gasteiger partial charge in [0, 0.05) is 19.3 Å². The highest BCUT2D eigenvalue weighted by atomic mass is 32.1. The Balaban J connectivity index is 2.02. The first-order valence-electron chi connectivity index (χ1n) is 7.73. The molecule has 0 saturated heterocycles. The zero-order valence-electron chi connectivity index (χ0n) is 13.8. The van der Waals surface area contributed by atoms with Crippen molar-refractivity contribution in [1.82, 2.24) is 0 Å². The predicted molar refractivity (Wildman–Crippen MR) is 94.8 cm³/mol. The number of amides is 2. The normalized spacial score (nSPS) is 17.0. The van der Waals surface area contributed by atoms with E-state index in [9.17, 15) is 14.4 Å². The molecule has 1 unspecified atom stereocenters. The first-order chi connectivity index (χ1) is 11.5. The predicted octanol–water partition coefficient (Wildman–Crippen LogP) is 2.88. The van der Waals surface area contributed by atoms with Crippen molar-refractivity contribution in [3.05, 3.63) is 46.8 Å². The summed E-state index contributed by atoms with van der Waals surface area (Å²) in [5, 5.41) is 2.46. The summed E-state index contributed by atoms with van der Waals surface area (Å²) in [5.74, 6) is -2.64. The molecule has 5 nitrogen and oxygen atoms in total. The topological polar surface area (TPSA) is 57.7 Å². The number of benzene rings is 1. The lowest BCUT2D eigenvalue weighted by atomic mass is 9.90. The van der Waals surface area contributed by atoms with Gasteiger partial charge in [-0.1, -0.05) is 18.2 Å². The average Bonchev–Trinajstić information content (AvgIpc) is 2.97. The van der Waals surface area contributed by atoms with E-state index in [1.54, 1.807) is 19.2 Å². The molecule has 1 aliphatic heterocycles. The Hall–Kier alpha value is -2.47. The lowest BCUT2D eigenvalue weighted by Gasteiger charge is -2.31. The Bertz CT molecular complexity index is 813. The van der Waals surface area contributed by atoms with Crippen molar-refractivity contribution in [3.63, 3.8) is 0 Å². The van der Waals surface area contributed by atoms with Crippen LogP contribution >= 0.6 is 11.3 Å². The summed E-state index contributed by atoms with van der Waals surface area (Å²) in [6, 6.07) is 9.09. The zero-order chi connectivity index (χ0) is 17.4. The van der Waals surface area contributed by atoms with E-state index >= 15 is 0 Å². The summed E-state index contributed by atoms with van der Waals surface area (Å²) < 4.78 is 0. The molecular formula is C18H18N2O3S. The maximum Gasteiger partial charge on any atom is 0.247 e. The quantitative estimate of drug-likeness (QED) is 0.806. The third kappa shape index (κ3) is 2.43. The van der Waals surface area contributed by atoms with Crippen molar-refractivity contribution >= 4 is 39.6 Å². The van der Waals surface area contributed by atoms with Gasteiger partial charge in [0.15, 0.2) is 11.7 Å². The Labute approximate surface area is 144 Å². The molecule has 0 fully saturated rings. The van der Waals surface area contributed by atoms with E-state index < -0.39 is 23.5 Å². The number of Topliss-reactive ketones (excluding diaryl/α,β-unsaturated/α-hetero) is 1. The summed E-state index contributed by atoms with van der Waals surface area (Å²) in [5.41, 5.74) is 1.98. The molecule has 1 aromatic heterocycles. The largest absolute Gasteiger partial charge is 0.312 e. The smallest absolute Gasteiger partial charge is 0.247 e. The lowest BCUT2D eigenvalue weighted by Crippen LogP contribution is -2.51. The van der Waals surface area contributed by atoms with Crippen molar-refractivity contribution in [2.75, 3.05) is 23.4 Å². The van der Waals surface area contributed by atoms with Crippen LogP contribution in [0, 0.1) is 12.8 Å². The number of hydrogen-bond acceptors (Lipinski definition) is 4. The molecule has 0 radical (unpaired) electrons. The molecule has 124 valence electrons. The van der Waals surface area contributed by atoms with Crippen LogP contribution in [0.5, 0.6) is 0 Å². The van der Waals surface area contributed by atoms with E-state index in [2.05, 4.69) is 0 Å². The van der Waals surface area contributed by atoms with Crippen molar-refractivity contribution < 1.29 is 14.4 Å². The maximum absolute atomic E-state index is 13.0. The Morgan fingerprint density at radius 3 is 2.54 bits per heavy atom. The van der Waals surface area contributed by atoms with Crippen LogP contribution in [0.25, 0.3) is 0 Å². The molecule has 1 aromatic carbocycles. The van der Waals surface area contributed by atoms with E-state index in [0.29, 0.717) is 22.8 Å². The molecule has 0 saturated carbocycles. The number of hydrogen-bond donors (Lipinski definition) is 0. The fourth-order valence-corrected chi connectivity index (χ4v) is 4.01. The second-order valence-electron chi connectivity index (χ2n) is 5.71. The highest BCUT2D eigenvalue weighted by Gasteiger charge is 2.45. The van der Waals surface area contributed by atoms with Crippen LogP contribution in [0.15, 0.2) is 35.7 Å². The van der Waals surface area contributed by atoms with Crippen LogP contribution < -0.4 is 9.80 Å². The molecule has 2 heterocycles. The molecule has 0 N–H and O–H groups in total. The minimum Gasteiger partial charge on any atom is -0.312 e. The van der Waals surface area contributed by atoms with Crippen molar-refractivity contribution in [2.24, 2.45) is 5.92 Å². The number of fused-ring (bicyclic) bond motifs is 1. The van der Waals surface area contributed by atoms with Crippen LogP contribution in [-0.2, 0) is 9.59 Å². The number of anilines is 2. The van der Waals surface area contributed by atoms with Gasteiger partial charge in [-0.05, 0) is 36.9 Å². The highest BCUT2D eigenvalue weighted by Crippen LogP contribution is 2.38. The summed E-state index contributed by atoms with van der Waals surface area (Å²) in [6.07, 6.45) is 0. The molecule has 6 heteroatoms. The minimum atomic E-state index is -1.31. The van der Waals surface area contributed by atoms with E-state index in [1.165, 1.54) is 21.1 Å². The van der Waals surface area contributed by atoms with Gasteiger partial charge < -0.3 is 9.80 Å². The number of nitrogens with zero attached hydrogens (tertiary/aromatic N) is 2. The lowest BCUT2D eigenvalue weighted by molar-refractivity contribution is -0.130. The molecule has 2 amide bonds. The summed E-state index contributed by atoms with van der Waals surface area (Å²) in [6.45, 7) is 4.04. The van der Waals surface area contributed by atoms with E-state index in [1.807, 2.05) is 37.4 Å². The molecule has 2 aromatic rings. The van der Waals surface area contributed by atoms with Crippen LogP contribution in [0.1, 0.15) is 22.8 Å². The molecule has 1 atom stereocenters. The average molecular weight is 342 g/mol. The van der Waals surface area contributed by atoms with Crippen LogP contribution in [-0.4, -0.2) is 31.2 Å². The monoisotopic (exact) mass is 342 g/mol. The van der Waals surface area contributed by atoms with Crippen molar-refractivity contribution in [1.29, 1.82) is 0 Å². The molecule has 0 spiro atoms. The second kappa shape index (κ2) is 6.20. The van der Waals surface area contributed by atoms with Crippen molar-refractivity contribution in [2.45, 2.75) is 13.8 Å². The Morgan fingerprint density at radius 1 is 1.25 bits per heavy atom. The number of aryl methyl sites for hydroxylation is 1. The van der Waals surface area contributed by atoms with Gasteiger partial charge in [0.25, 0.3) is 0 Å². The number of rotatable bonds is 3. The SMILES string of the molecule is CCN(C(=O)C1C(=O)c2c(C)csc2N(C)C1=O)c1ccccc1. The third-order valence-corrected chi connectivity index (χ3v) is 5.42. The molecule has 3 rings (SSSR count). The van der Waals surface area contributed by atoms with Crippen LogP contribution in [0.4, 0.5) is 10.7 Å². The van der Waals surface area contributed by atoms with E-state index in [4.69, 9.17) is 0 Å². The summed E-state index contributed by atoms with van der Waals surface area (Å²) in [7, 11) is 1.61. The molecule has 0 bridgehead atoms. The minimum absolute atomic E-state index is 0.388. The van der Waals surface area contributed by atoms with E-state index in [-0.39, 0.29) is 0 Å². The number of carbonyl (C=O) groups excluding carboxylic acids is 3. The number of carbonyl (C=O) groups is 3. The number of para-hydroxylation sites is 1. The Morgan fingerprint density at radius 2 is 1.92 bits per heavy atom. The highest BCUT2D eigenvalue weighted by molar-refractivity contribution is 7.15. The van der Waals surface area contributed by atoms with Gasteiger partial charge in [-0.3, -0.25) is 14.4 Å². The number of thiophene rings is 1. The molecule has 24 heavy (non-hydrogen) atoms. The fourth-order valence-electron chi connectivity index (χ4n) is 2.97. The zero-order valence-corrected chi connectivity index (χ0v) is 14.6. The van der Waals surface area contributed by atoms with Gasteiger partial charge in [0.05, 0.1) is 5.56 Å². The maximum atomic E-state index is 13.0. The van der Waals surface area contributed by atoms with Gasteiger partial charge in [0.1, 0.15) is 5.00 Å². The van der Waals surface area contributed by atoms with Gasteiger partial charge >= 0.3 is 0 Å².